The molecule has 0 atom stereocenters. The van der Waals surface area contributed by atoms with Crippen LogP contribution in [0.3, 0.4) is 0 Å². The number of aryl methyl sites for hydroxylation is 2. The van der Waals surface area contributed by atoms with Gasteiger partial charge in [0.15, 0.2) is 0 Å². The van der Waals surface area contributed by atoms with E-state index in [1.807, 2.05) is 18.8 Å². The van der Waals surface area contributed by atoms with Crippen molar-refractivity contribution in [1.29, 1.82) is 0 Å². The minimum Gasteiger partial charge on any atom is -0.378 e. The average molecular weight is 252 g/mol. The third-order valence-electron chi connectivity index (χ3n) is 3.75. The monoisotopic (exact) mass is 252 g/mol. The standard InChI is InChI=1S/C13H24N4O/c1-10-11(12(14-4)16(5)15-10)8-17-6-7-18-9-13(17,2)3/h14H,6-9H2,1-5H3. The van der Waals surface area contributed by atoms with Crippen molar-refractivity contribution < 1.29 is 4.74 Å². The van der Waals surface area contributed by atoms with Crippen molar-refractivity contribution in [1.82, 2.24) is 14.7 Å². The minimum absolute atomic E-state index is 0.0888. The number of ether oxygens (including phenoxy) is 1. The second-order valence-corrected chi connectivity index (χ2v) is 5.57. The first kappa shape index (κ1) is 13.4. The van der Waals surface area contributed by atoms with E-state index >= 15 is 0 Å². The summed E-state index contributed by atoms with van der Waals surface area (Å²) in [5.41, 5.74) is 2.48. The molecule has 0 unspecified atom stereocenters. The lowest BCUT2D eigenvalue weighted by Crippen LogP contribution is -2.52. The maximum atomic E-state index is 5.57. The molecule has 1 aromatic rings. The summed E-state index contributed by atoms with van der Waals surface area (Å²) in [6, 6.07) is 0. The number of nitrogens with one attached hydrogen (secondary N) is 1. The van der Waals surface area contributed by atoms with Gasteiger partial charge in [-0.25, -0.2) is 0 Å². The SMILES string of the molecule is CNc1c(CN2CCOCC2(C)C)c(C)nn1C. The average Bonchev–Trinajstić information content (AvgIpc) is 2.56. The van der Waals surface area contributed by atoms with E-state index in [9.17, 15) is 0 Å². The fraction of sp³-hybridized carbons (Fsp3) is 0.769. The highest BCUT2D eigenvalue weighted by molar-refractivity contribution is 5.47. The van der Waals surface area contributed by atoms with Crippen LogP contribution < -0.4 is 5.32 Å². The van der Waals surface area contributed by atoms with Crippen molar-refractivity contribution in [3.63, 3.8) is 0 Å². The molecule has 5 nitrogen and oxygen atoms in total. The maximum Gasteiger partial charge on any atom is 0.128 e. The van der Waals surface area contributed by atoms with Crippen LogP contribution in [0.2, 0.25) is 0 Å². The molecule has 1 fully saturated rings. The molecule has 1 aliphatic rings. The molecular formula is C13H24N4O. The zero-order valence-corrected chi connectivity index (χ0v) is 12.1. The number of morpholine rings is 1. The molecule has 0 radical (unpaired) electrons. The summed E-state index contributed by atoms with van der Waals surface area (Å²) in [5.74, 6) is 1.11. The Morgan fingerprint density at radius 2 is 2.17 bits per heavy atom. The zero-order valence-electron chi connectivity index (χ0n) is 12.1. The molecule has 0 spiro atoms. The molecule has 2 heterocycles. The second-order valence-electron chi connectivity index (χ2n) is 5.57. The van der Waals surface area contributed by atoms with E-state index in [0.717, 1.165) is 37.8 Å². The van der Waals surface area contributed by atoms with Gasteiger partial charge in [-0.1, -0.05) is 0 Å². The van der Waals surface area contributed by atoms with Crippen LogP contribution >= 0.6 is 0 Å². The molecule has 102 valence electrons. The van der Waals surface area contributed by atoms with Crippen LogP contribution in [-0.2, 0) is 18.3 Å². The number of hydrogen-bond donors (Lipinski definition) is 1. The van der Waals surface area contributed by atoms with Gasteiger partial charge in [0.2, 0.25) is 0 Å². The van der Waals surface area contributed by atoms with Crippen LogP contribution in [0.15, 0.2) is 0 Å². The molecule has 0 bridgehead atoms. The van der Waals surface area contributed by atoms with Gasteiger partial charge in [-0.3, -0.25) is 9.58 Å². The van der Waals surface area contributed by atoms with Crippen molar-refractivity contribution in [2.45, 2.75) is 32.9 Å². The summed E-state index contributed by atoms with van der Waals surface area (Å²) in [4.78, 5) is 2.47. The third-order valence-corrected chi connectivity index (χ3v) is 3.75. The molecule has 0 amide bonds. The highest BCUT2D eigenvalue weighted by atomic mass is 16.5. The Labute approximate surface area is 109 Å². The van der Waals surface area contributed by atoms with Gasteiger partial charge in [0.05, 0.1) is 18.9 Å². The predicted molar refractivity (Wildman–Crippen MR) is 72.8 cm³/mol. The molecular weight excluding hydrogens is 228 g/mol. The molecule has 1 aliphatic heterocycles. The Morgan fingerprint density at radius 1 is 1.44 bits per heavy atom. The van der Waals surface area contributed by atoms with E-state index in [4.69, 9.17) is 4.74 Å². The first-order valence-corrected chi connectivity index (χ1v) is 6.48. The number of aromatic nitrogens is 2. The van der Waals surface area contributed by atoms with Crippen molar-refractivity contribution in [2.75, 3.05) is 32.1 Å². The van der Waals surface area contributed by atoms with E-state index in [1.165, 1.54) is 5.56 Å². The Balaban J connectivity index is 2.23. The van der Waals surface area contributed by atoms with Crippen molar-refractivity contribution in [2.24, 2.45) is 7.05 Å². The van der Waals surface area contributed by atoms with Crippen LogP contribution in [0.4, 0.5) is 5.82 Å². The number of hydrogen-bond acceptors (Lipinski definition) is 4. The molecule has 5 heteroatoms. The topological polar surface area (TPSA) is 42.3 Å². The molecule has 1 N–H and O–H groups in total. The van der Waals surface area contributed by atoms with Gasteiger partial charge in [-0.15, -0.1) is 0 Å². The van der Waals surface area contributed by atoms with E-state index in [-0.39, 0.29) is 5.54 Å². The van der Waals surface area contributed by atoms with E-state index < -0.39 is 0 Å². The maximum absolute atomic E-state index is 5.57. The van der Waals surface area contributed by atoms with Gasteiger partial charge in [-0.05, 0) is 20.8 Å². The number of rotatable bonds is 3. The normalized spacial score (nSPS) is 20.1. The van der Waals surface area contributed by atoms with Crippen LogP contribution in [0, 0.1) is 6.92 Å². The summed E-state index contributed by atoms with van der Waals surface area (Å²) < 4.78 is 7.48. The Bertz CT molecular complexity index is 425. The van der Waals surface area contributed by atoms with Crippen LogP contribution in [0.25, 0.3) is 0 Å². The van der Waals surface area contributed by atoms with Crippen LogP contribution in [0.1, 0.15) is 25.1 Å². The van der Waals surface area contributed by atoms with E-state index in [0.29, 0.717) is 0 Å². The van der Waals surface area contributed by atoms with Crippen LogP contribution in [-0.4, -0.2) is 47.0 Å². The van der Waals surface area contributed by atoms with Gasteiger partial charge < -0.3 is 10.1 Å². The fourth-order valence-electron chi connectivity index (χ4n) is 2.58. The lowest BCUT2D eigenvalue weighted by atomic mass is 10.0. The third kappa shape index (κ3) is 2.37. The molecule has 0 saturated carbocycles. The summed E-state index contributed by atoms with van der Waals surface area (Å²) in [6.45, 7) is 10.0. The highest BCUT2D eigenvalue weighted by Gasteiger charge is 2.31. The fourth-order valence-corrected chi connectivity index (χ4v) is 2.58. The smallest absolute Gasteiger partial charge is 0.128 e. The summed E-state index contributed by atoms with van der Waals surface area (Å²) in [5, 5.41) is 7.74. The van der Waals surface area contributed by atoms with E-state index in [2.05, 4.69) is 36.1 Å². The summed E-state index contributed by atoms with van der Waals surface area (Å²) in [7, 11) is 3.93. The van der Waals surface area contributed by atoms with Crippen LogP contribution in [0.5, 0.6) is 0 Å². The Kier molecular flexibility index (Phi) is 3.64. The predicted octanol–water partition coefficient (Wildman–Crippen LogP) is 1.38. The zero-order chi connectivity index (χ0) is 13.3. The lowest BCUT2D eigenvalue weighted by molar-refractivity contribution is -0.0552. The number of nitrogens with zero attached hydrogens (tertiary/aromatic N) is 3. The highest BCUT2D eigenvalue weighted by Crippen LogP contribution is 2.26. The second kappa shape index (κ2) is 4.90. The summed E-state index contributed by atoms with van der Waals surface area (Å²) >= 11 is 0. The van der Waals surface area contributed by atoms with Crippen molar-refractivity contribution >= 4 is 5.82 Å². The minimum atomic E-state index is 0.0888. The van der Waals surface area contributed by atoms with Gasteiger partial charge in [0, 0.05) is 38.3 Å². The largest absolute Gasteiger partial charge is 0.378 e. The van der Waals surface area contributed by atoms with Crippen molar-refractivity contribution in [3.05, 3.63) is 11.3 Å². The van der Waals surface area contributed by atoms with Gasteiger partial charge in [-0.2, -0.15) is 5.10 Å². The van der Waals surface area contributed by atoms with Gasteiger partial charge >= 0.3 is 0 Å². The quantitative estimate of drug-likeness (QED) is 0.882. The number of anilines is 1. The molecule has 1 saturated heterocycles. The van der Waals surface area contributed by atoms with Gasteiger partial charge in [0.1, 0.15) is 5.82 Å². The van der Waals surface area contributed by atoms with E-state index in [1.54, 1.807) is 0 Å². The molecule has 0 aromatic carbocycles. The summed E-state index contributed by atoms with van der Waals surface area (Å²) in [6.07, 6.45) is 0. The Morgan fingerprint density at radius 3 is 2.78 bits per heavy atom. The van der Waals surface area contributed by atoms with Crippen molar-refractivity contribution in [3.8, 4) is 0 Å². The van der Waals surface area contributed by atoms with Gasteiger partial charge in [0.25, 0.3) is 0 Å². The molecule has 1 aromatic heterocycles. The molecule has 2 rings (SSSR count). The first-order valence-electron chi connectivity index (χ1n) is 6.48. The molecule has 18 heavy (non-hydrogen) atoms. The first-order chi connectivity index (χ1) is 8.45. The lowest BCUT2D eigenvalue weighted by Gasteiger charge is -2.42. The molecule has 0 aliphatic carbocycles. The Hall–Kier alpha value is -1.07.